The maximum atomic E-state index is 10.5. The van der Waals surface area contributed by atoms with Gasteiger partial charge in [-0.2, -0.15) is 0 Å². The van der Waals surface area contributed by atoms with Gasteiger partial charge in [-0.3, -0.25) is 4.79 Å². The van der Waals surface area contributed by atoms with Gasteiger partial charge in [0.15, 0.2) is 0 Å². The molecule has 5 unspecified atom stereocenters. The maximum absolute atomic E-state index is 10.5. The van der Waals surface area contributed by atoms with Crippen LogP contribution in [0.3, 0.4) is 0 Å². The molecule has 5 nitrogen and oxygen atoms in total. The number of rotatable bonds is 12. The lowest BCUT2D eigenvalue weighted by molar-refractivity contribution is -0.137. The van der Waals surface area contributed by atoms with E-state index >= 15 is 0 Å². The van der Waals surface area contributed by atoms with E-state index in [1.807, 2.05) is 37.3 Å². The number of ether oxygens (including phenoxy) is 1. The molecule has 1 aliphatic rings. The summed E-state index contributed by atoms with van der Waals surface area (Å²) in [7, 11) is 1.68. The normalized spacial score (nSPS) is 25.5. The molecule has 1 saturated carbocycles. The summed E-state index contributed by atoms with van der Waals surface area (Å²) in [5, 5.41) is 30.2. The Balaban J connectivity index is 1.88. The van der Waals surface area contributed by atoms with E-state index in [9.17, 15) is 15.0 Å². The number of aliphatic hydroxyl groups excluding tert-OH is 2. The van der Waals surface area contributed by atoms with E-state index in [1.54, 1.807) is 18.4 Å². The summed E-state index contributed by atoms with van der Waals surface area (Å²) in [6.07, 6.45) is 11.0. The molecule has 7 heteroatoms. The van der Waals surface area contributed by atoms with E-state index in [1.165, 1.54) is 4.88 Å². The number of allylic oxidation sites excluding steroid dienone is 2. The van der Waals surface area contributed by atoms with Crippen molar-refractivity contribution >= 4 is 28.9 Å². The number of aryl methyl sites for hydroxylation is 2. The number of hydrogen-bond donors (Lipinski definition) is 3. The highest BCUT2D eigenvalue weighted by Gasteiger charge is 2.39. The molecular formula is C23H33ClO5S. The van der Waals surface area contributed by atoms with Gasteiger partial charge in [-0.25, -0.2) is 0 Å². The molecule has 30 heavy (non-hydrogen) atoms. The number of halogens is 1. The number of carboxylic acids is 1. The molecule has 1 heterocycles. The number of carboxylic acid groups (broad SMARTS) is 1. The van der Waals surface area contributed by atoms with Crippen LogP contribution < -0.4 is 0 Å². The van der Waals surface area contributed by atoms with Crippen molar-refractivity contribution < 1.29 is 24.9 Å². The Hall–Kier alpha value is -1.18. The molecule has 3 N–H and O–H groups in total. The smallest absolute Gasteiger partial charge is 0.303 e. The molecule has 5 atom stereocenters. The van der Waals surface area contributed by atoms with Crippen LogP contribution in [-0.4, -0.2) is 46.7 Å². The van der Waals surface area contributed by atoms with Gasteiger partial charge in [-0.05, 0) is 51.0 Å². The molecule has 1 aromatic heterocycles. The Morgan fingerprint density at radius 1 is 1.37 bits per heavy atom. The van der Waals surface area contributed by atoms with Crippen molar-refractivity contribution in [3.63, 3.8) is 0 Å². The number of carbonyl (C=O) groups is 1. The summed E-state index contributed by atoms with van der Waals surface area (Å²) in [6.45, 7) is 2.01. The standard InChI is InChI=1S/C23H33ClO5S/c1-15-20(24)13-17(30-15)11-9-16(29-2)10-12-19-18(21(25)14-22(19)26)7-5-3-4-6-8-23(27)28/h3,5,10,12-13,16,18-19,21-22,25-26H,4,6-9,11,14H2,1-2H3,(H,27,28)/b5-3+,12-10+. The summed E-state index contributed by atoms with van der Waals surface area (Å²) in [5.74, 6) is -0.962. The van der Waals surface area contributed by atoms with Gasteiger partial charge in [0.2, 0.25) is 0 Å². The van der Waals surface area contributed by atoms with Gasteiger partial charge in [0.05, 0.1) is 23.3 Å². The first-order chi connectivity index (χ1) is 14.3. The second kappa shape index (κ2) is 12.6. The second-order valence-electron chi connectivity index (χ2n) is 7.92. The van der Waals surface area contributed by atoms with E-state index in [0.717, 1.165) is 22.7 Å². The Bertz CT molecular complexity index is 710. The van der Waals surface area contributed by atoms with Gasteiger partial charge in [-0.1, -0.05) is 35.9 Å². The van der Waals surface area contributed by atoms with Gasteiger partial charge >= 0.3 is 5.97 Å². The van der Waals surface area contributed by atoms with E-state index < -0.39 is 18.2 Å². The first-order valence-electron chi connectivity index (χ1n) is 10.5. The molecular weight excluding hydrogens is 424 g/mol. The van der Waals surface area contributed by atoms with Gasteiger partial charge in [0.25, 0.3) is 0 Å². The molecule has 0 spiro atoms. The van der Waals surface area contributed by atoms with Crippen LogP contribution >= 0.6 is 22.9 Å². The minimum absolute atomic E-state index is 0.0526. The number of hydrogen-bond acceptors (Lipinski definition) is 5. The fourth-order valence-corrected chi connectivity index (χ4v) is 5.18. The molecule has 1 aromatic rings. The molecule has 1 aliphatic carbocycles. The first-order valence-corrected chi connectivity index (χ1v) is 11.7. The average molecular weight is 457 g/mol. The summed E-state index contributed by atoms with van der Waals surface area (Å²) in [4.78, 5) is 12.9. The van der Waals surface area contributed by atoms with Crippen LogP contribution in [0.5, 0.6) is 0 Å². The van der Waals surface area contributed by atoms with E-state index in [0.29, 0.717) is 25.7 Å². The predicted octanol–water partition coefficient (Wildman–Crippen LogP) is 4.77. The van der Waals surface area contributed by atoms with Crippen LogP contribution in [0.4, 0.5) is 0 Å². The van der Waals surface area contributed by atoms with Gasteiger partial charge in [0, 0.05) is 35.6 Å². The minimum Gasteiger partial charge on any atom is -0.481 e. The molecule has 0 amide bonds. The fraction of sp³-hybridized carbons (Fsp3) is 0.609. The van der Waals surface area contributed by atoms with Crippen molar-refractivity contribution in [2.45, 2.75) is 70.2 Å². The van der Waals surface area contributed by atoms with Gasteiger partial charge < -0.3 is 20.1 Å². The predicted molar refractivity (Wildman–Crippen MR) is 121 cm³/mol. The molecule has 1 fully saturated rings. The van der Waals surface area contributed by atoms with Crippen molar-refractivity contribution in [2.75, 3.05) is 7.11 Å². The number of unbranched alkanes of at least 4 members (excludes halogenated alkanes) is 1. The van der Waals surface area contributed by atoms with E-state index in [-0.39, 0.29) is 24.4 Å². The zero-order chi connectivity index (χ0) is 22.1. The summed E-state index contributed by atoms with van der Waals surface area (Å²) in [5.41, 5.74) is 0. The number of methoxy groups -OCH3 is 1. The van der Waals surface area contributed by atoms with Crippen LogP contribution in [-0.2, 0) is 16.0 Å². The number of aliphatic hydroxyl groups is 2. The van der Waals surface area contributed by atoms with Crippen molar-refractivity contribution in [1.29, 1.82) is 0 Å². The third-order valence-electron chi connectivity index (χ3n) is 5.69. The molecule has 168 valence electrons. The second-order valence-corrected chi connectivity index (χ2v) is 9.67. The van der Waals surface area contributed by atoms with Crippen LogP contribution in [0, 0.1) is 18.8 Å². The summed E-state index contributed by atoms with van der Waals surface area (Å²) >= 11 is 7.84. The highest BCUT2D eigenvalue weighted by molar-refractivity contribution is 7.12. The average Bonchev–Trinajstić information content (AvgIpc) is 3.15. The van der Waals surface area contributed by atoms with E-state index in [2.05, 4.69) is 0 Å². The highest BCUT2D eigenvalue weighted by Crippen LogP contribution is 2.36. The zero-order valence-electron chi connectivity index (χ0n) is 17.7. The lowest BCUT2D eigenvalue weighted by Gasteiger charge is -2.20. The summed E-state index contributed by atoms with van der Waals surface area (Å²) < 4.78 is 5.59. The van der Waals surface area contributed by atoms with Gasteiger partial charge in [0.1, 0.15) is 0 Å². The van der Waals surface area contributed by atoms with Crippen LogP contribution in [0.15, 0.2) is 30.4 Å². The summed E-state index contributed by atoms with van der Waals surface area (Å²) in [6, 6.07) is 2.01. The maximum Gasteiger partial charge on any atom is 0.303 e. The molecule has 0 radical (unpaired) electrons. The third kappa shape index (κ3) is 7.82. The monoisotopic (exact) mass is 456 g/mol. The van der Waals surface area contributed by atoms with Crippen molar-refractivity contribution in [1.82, 2.24) is 0 Å². The zero-order valence-corrected chi connectivity index (χ0v) is 19.2. The molecule has 0 saturated heterocycles. The van der Waals surface area contributed by atoms with Crippen LogP contribution in [0.1, 0.15) is 48.3 Å². The van der Waals surface area contributed by atoms with Crippen LogP contribution in [0.25, 0.3) is 0 Å². The molecule has 0 bridgehead atoms. The Kier molecular flexibility index (Phi) is 10.6. The van der Waals surface area contributed by atoms with Crippen molar-refractivity contribution in [2.24, 2.45) is 11.8 Å². The van der Waals surface area contributed by atoms with Crippen LogP contribution in [0.2, 0.25) is 5.02 Å². The van der Waals surface area contributed by atoms with Gasteiger partial charge in [-0.15, -0.1) is 11.3 Å². The van der Waals surface area contributed by atoms with Crippen molar-refractivity contribution in [3.8, 4) is 0 Å². The SMILES string of the molecule is COC(/C=C/C1C(O)CC(O)C1C/C=C/CCCC(=O)O)CCc1cc(Cl)c(C)s1. The Morgan fingerprint density at radius 3 is 2.77 bits per heavy atom. The lowest BCUT2D eigenvalue weighted by atomic mass is 9.89. The quantitative estimate of drug-likeness (QED) is 0.311. The number of aliphatic carboxylic acids is 1. The number of thiophene rings is 1. The Labute approximate surface area is 188 Å². The molecule has 0 aliphatic heterocycles. The minimum atomic E-state index is -0.784. The third-order valence-corrected chi connectivity index (χ3v) is 7.30. The van der Waals surface area contributed by atoms with E-state index in [4.69, 9.17) is 21.4 Å². The first kappa shape index (κ1) is 25.1. The fourth-order valence-electron chi connectivity index (χ4n) is 3.92. The lowest BCUT2D eigenvalue weighted by Crippen LogP contribution is -2.20. The topological polar surface area (TPSA) is 87.0 Å². The molecule has 2 rings (SSSR count). The largest absolute Gasteiger partial charge is 0.481 e. The van der Waals surface area contributed by atoms with Crippen molar-refractivity contribution in [3.05, 3.63) is 45.1 Å². The highest BCUT2D eigenvalue weighted by atomic mass is 35.5. The Morgan fingerprint density at radius 2 is 2.13 bits per heavy atom. The molecule has 0 aromatic carbocycles.